The van der Waals surface area contributed by atoms with Gasteiger partial charge in [0.15, 0.2) is 0 Å². The minimum atomic E-state index is -0.409. The van der Waals surface area contributed by atoms with Gasteiger partial charge in [-0.2, -0.15) is 0 Å². The van der Waals surface area contributed by atoms with Gasteiger partial charge in [0, 0.05) is 17.8 Å². The van der Waals surface area contributed by atoms with E-state index in [0.29, 0.717) is 5.69 Å². The number of phenols is 2. The standard InChI is InChI=1S/C13H13N3O3/c1-8-5-15-10(6-14-8)7-16-13(19)9-2-11(17)4-12(18)3-9/h2-6,17-18H,7H2,1H3,(H,16,19). The molecule has 0 radical (unpaired) electrons. The third kappa shape index (κ3) is 3.41. The van der Waals surface area contributed by atoms with Crippen LogP contribution in [0.5, 0.6) is 11.5 Å². The molecular formula is C13H13N3O3. The number of hydrogen-bond donors (Lipinski definition) is 3. The Morgan fingerprint density at radius 2 is 1.84 bits per heavy atom. The highest BCUT2D eigenvalue weighted by atomic mass is 16.3. The van der Waals surface area contributed by atoms with Crippen molar-refractivity contribution in [3.63, 3.8) is 0 Å². The molecule has 1 aromatic heterocycles. The number of carbonyl (C=O) groups excluding carboxylic acids is 1. The van der Waals surface area contributed by atoms with Gasteiger partial charge in [-0.25, -0.2) is 0 Å². The van der Waals surface area contributed by atoms with Crippen LogP contribution in [0.15, 0.2) is 30.6 Å². The van der Waals surface area contributed by atoms with E-state index < -0.39 is 5.91 Å². The molecule has 0 aliphatic rings. The van der Waals surface area contributed by atoms with E-state index >= 15 is 0 Å². The van der Waals surface area contributed by atoms with Crippen molar-refractivity contribution in [2.45, 2.75) is 13.5 Å². The van der Waals surface area contributed by atoms with Gasteiger partial charge in [-0.15, -0.1) is 0 Å². The van der Waals surface area contributed by atoms with Crippen molar-refractivity contribution < 1.29 is 15.0 Å². The highest BCUT2D eigenvalue weighted by Crippen LogP contribution is 2.20. The van der Waals surface area contributed by atoms with Gasteiger partial charge in [0.2, 0.25) is 0 Å². The summed E-state index contributed by atoms with van der Waals surface area (Å²) in [7, 11) is 0. The molecule has 0 spiro atoms. The molecule has 1 heterocycles. The summed E-state index contributed by atoms with van der Waals surface area (Å²) in [5.74, 6) is -0.742. The van der Waals surface area contributed by atoms with E-state index in [0.717, 1.165) is 11.8 Å². The Balaban J connectivity index is 2.03. The Morgan fingerprint density at radius 3 is 2.42 bits per heavy atom. The lowest BCUT2D eigenvalue weighted by molar-refractivity contribution is 0.0949. The first-order valence-corrected chi connectivity index (χ1v) is 5.63. The molecule has 3 N–H and O–H groups in total. The number of rotatable bonds is 3. The van der Waals surface area contributed by atoms with E-state index in [2.05, 4.69) is 15.3 Å². The minimum Gasteiger partial charge on any atom is -0.508 e. The molecule has 0 aliphatic carbocycles. The van der Waals surface area contributed by atoms with E-state index in [9.17, 15) is 15.0 Å². The Hall–Kier alpha value is -2.63. The summed E-state index contributed by atoms with van der Waals surface area (Å²) >= 11 is 0. The molecule has 2 rings (SSSR count). The van der Waals surface area contributed by atoms with Crippen LogP contribution in [0.3, 0.4) is 0 Å². The maximum Gasteiger partial charge on any atom is 0.251 e. The van der Waals surface area contributed by atoms with E-state index in [-0.39, 0.29) is 23.6 Å². The predicted octanol–water partition coefficient (Wildman–Crippen LogP) is 1.13. The molecule has 0 saturated carbocycles. The molecule has 2 aromatic rings. The molecule has 0 aliphatic heterocycles. The maximum absolute atomic E-state index is 11.8. The summed E-state index contributed by atoms with van der Waals surface area (Å²) in [5.41, 5.74) is 1.61. The number of phenolic OH excluding ortho intramolecular Hbond substituents is 2. The predicted molar refractivity (Wildman–Crippen MR) is 67.7 cm³/mol. The van der Waals surface area contributed by atoms with Gasteiger partial charge in [-0.05, 0) is 19.1 Å². The number of nitrogens with one attached hydrogen (secondary N) is 1. The first kappa shape index (κ1) is 12.8. The van der Waals surface area contributed by atoms with Crippen molar-refractivity contribution in [2.24, 2.45) is 0 Å². The summed E-state index contributed by atoms with van der Waals surface area (Å²) in [4.78, 5) is 20.0. The van der Waals surface area contributed by atoms with Gasteiger partial charge in [0.05, 0.1) is 24.1 Å². The second-order valence-electron chi connectivity index (χ2n) is 4.07. The van der Waals surface area contributed by atoms with Gasteiger partial charge < -0.3 is 15.5 Å². The van der Waals surface area contributed by atoms with Gasteiger partial charge >= 0.3 is 0 Å². The van der Waals surface area contributed by atoms with Crippen LogP contribution in [0.1, 0.15) is 21.7 Å². The second-order valence-corrected chi connectivity index (χ2v) is 4.07. The smallest absolute Gasteiger partial charge is 0.251 e. The van der Waals surface area contributed by atoms with Crippen LogP contribution >= 0.6 is 0 Å². The van der Waals surface area contributed by atoms with Crippen molar-refractivity contribution in [1.82, 2.24) is 15.3 Å². The molecule has 98 valence electrons. The van der Waals surface area contributed by atoms with Crippen molar-refractivity contribution in [2.75, 3.05) is 0 Å². The van der Waals surface area contributed by atoms with Crippen LogP contribution in [-0.2, 0) is 6.54 Å². The topological polar surface area (TPSA) is 95.3 Å². The van der Waals surface area contributed by atoms with Crippen molar-refractivity contribution in [1.29, 1.82) is 0 Å². The van der Waals surface area contributed by atoms with Crippen molar-refractivity contribution in [3.8, 4) is 11.5 Å². The lowest BCUT2D eigenvalue weighted by Crippen LogP contribution is -2.23. The third-order valence-electron chi connectivity index (χ3n) is 2.43. The van der Waals surface area contributed by atoms with E-state index in [4.69, 9.17) is 0 Å². The molecule has 0 atom stereocenters. The highest BCUT2D eigenvalue weighted by molar-refractivity contribution is 5.94. The summed E-state index contributed by atoms with van der Waals surface area (Å²) in [6, 6.07) is 3.70. The zero-order valence-electron chi connectivity index (χ0n) is 10.3. The normalized spacial score (nSPS) is 10.2. The van der Waals surface area contributed by atoms with Crippen LogP contribution in [0.4, 0.5) is 0 Å². The zero-order chi connectivity index (χ0) is 13.8. The SMILES string of the molecule is Cc1cnc(CNC(=O)c2cc(O)cc(O)c2)cn1. The number of aromatic hydroxyl groups is 2. The van der Waals surface area contributed by atoms with Crippen LogP contribution in [0, 0.1) is 6.92 Å². The first-order chi connectivity index (χ1) is 9.04. The Morgan fingerprint density at radius 1 is 1.16 bits per heavy atom. The number of hydrogen-bond acceptors (Lipinski definition) is 5. The van der Waals surface area contributed by atoms with Crippen LogP contribution < -0.4 is 5.32 Å². The average Bonchev–Trinajstić information content (AvgIpc) is 2.36. The molecule has 0 fully saturated rings. The molecule has 6 nitrogen and oxygen atoms in total. The largest absolute Gasteiger partial charge is 0.508 e. The summed E-state index contributed by atoms with van der Waals surface area (Å²) < 4.78 is 0. The quantitative estimate of drug-likeness (QED) is 0.767. The molecule has 1 aromatic carbocycles. The lowest BCUT2D eigenvalue weighted by atomic mass is 10.2. The Kier molecular flexibility index (Phi) is 3.61. The Labute approximate surface area is 109 Å². The fourth-order valence-electron chi connectivity index (χ4n) is 1.51. The van der Waals surface area contributed by atoms with E-state index in [1.165, 1.54) is 12.1 Å². The number of carbonyl (C=O) groups is 1. The fraction of sp³-hybridized carbons (Fsp3) is 0.154. The highest BCUT2D eigenvalue weighted by Gasteiger charge is 2.08. The van der Waals surface area contributed by atoms with E-state index in [1.54, 1.807) is 12.4 Å². The summed E-state index contributed by atoms with van der Waals surface area (Å²) in [5, 5.41) is 21.2. The van der Waals surface area contributed by atoms with Gasteiger partial charge in [0.25, 0.3) is 5.91 Å². The van der Waals surface area contributed by atoms with Crippen LogP contribution in [-0.4, -0.2) is 26.1 Å². The fourth-order valence-corrected chi connectivity index (χ4v) is 1.51. The number of aryl methyl sites for hydroxylation is 1. The third-order valence-corrected chi connectivity index (χ3v) is 2.43. The van der Waals surface area contributed by atoms with Crippen LogP contribution in [0.25, 0.3) is 0 Å². The second kappa shape index (κ2) is 5.34. The van der Waals surface area contributed by atoms with Gasteiger partial charge in [0.1, 0.15) is 11.5 Å². The number of benzene rings is 1. The van der Waals surface area contributed by atoms with E-state index in [1.807, 2.05) is 6.92 Å². The Bertz CT molecular complexity index is 576. The average molecular weight is 259 g/mol. The molecule has 0 unspecified atom stereocenters. The molecule has 6 heteroatoms. The first-order valence-electron chi connectivity index (χ1n) is 5.63. The van der Waals surface area contributed by atoms with Gasteiger partial charge in [-0.1, -0.05) is 0 Å². The number of nitrogens with zero attached hydrogens (tertiary/aromatic N) is 2. The molecule has 19 heavy (non-hydrogen) atoms. The van der Waals surface area contributed by atoms with Crippen molar-refractivity contribution >= 4 is 5.91 Å². The maximum atomic E-state index is 11.8. The summed E-state index contributed by atoms with van der Waals surface area (Å²) in [6.45, 7) is 2.05. The number of aromatic nitrogens is 2. The van der Waals surface area contributed by atoms with Crippen molar-refractivity contribution in [3.05, 3.63) is 47.5 Å². The lowest BCUT2D eigenvalue weighted by Gasteiger charge is -2.06. The van der Waals surface area contributed by atoms with Gasteiger partial charge in [-0.3, -0.25) is 14.8 Å². The molecule has 1 amide bonds. The molecule has 0 bridgehead atoms. The molecule has 0 saturated heterocycles. The monoisotopic (exact) mass is 259 g/mol. The van der Waals surface area contributed by atoms with Crippen LogP contribution in [0.2, 0.25) is 0 Å². The minimum absolute atomic E-state index is 0.166. The zero-order valence-corrected chi connectivity index (χ0v) is 10.3. The molecular weight excluding hydrogens is 246 g/mol. The summed E-state index contributed by atoms with van der Waals surface area (Å²) in [6.07, 6.45) is 3.19. The number of amides is 1.